The quantitative estimate of drug-likeness (QED) is 0.742. The van der Waals surface area contributed by atoms with E-state index < -0.39 is 0 Å². The van der Waals surface area contributed by atoms with Crippen molar-refractivity contribution in [1.82, 2.24) is 0 Å². The maximum Gasteiger partial charge on any atom is 0.162 e. The standard InChI is InChI=1S/C20H26O3/c1-3-23-18-11-8-14(13-19(18)22-2)12-16-9-10-17(20(16)21)15-6-4-5-7-15/h8,11-13,15,17H,3-7,9-10H2,1-2H3/b16-12+/t17-/m1/s1. The van der Waals surface area contributed by atoms with Gasteiger partial charge in [-0.25, -0.2) is 0 Å². The lowest BCUT2D eigenvalue weighted by atomic mass is 9.88. The number of allylic oxidation sites excluding steroid dienone is 1. The Morgan fingerprint density at radius 2 is 1.96 bits per heavy atom. The Kier molecular flexibility index (Phi) is 5.04. The number of benzene rings is 1. The summed E-state index contributed by atoms with van der Waals surface area (Å²) in [6.45, 7) is 2.56. The van der Waals surface area contributed by atoms with E-state index in [1.165, 1.54) is 25.7 Å². The minimum absolute atomic E-state index is 0.272. The van der Waals surface area contributed by atoms with Crippen LogP contribution in [0.5, 0.6) is 11.5 Å². The van der Waals surface area contributed by atoms with E-state index >= 15 is 0 Å². The molecule has 3 rings (SSSR count). The average Bonchev–Trinajstić information content (AvgIpc) is 3.20. The highest BCUT2D eigenvalue weighted by Crippen LogP contribution is 2.41. The van der Waals surface area contributed by atoms with Gasteiger partial charge in [0, 0.05) is 5.92 Å². The minimum Gasteiger partial charge on any atom is -0.493 e. The van der Waals surface area contributed by atoms with Gasteiger partial charge in [-0.1, -0.05) is 18.9 Å². The van der Waals surface area contributed by atoms with Crippen LogP contribution in [0, 0.1) is 11.8 Å². The number of Topliss-reactive ketones (excluding diaryl/α,β-unsaturated/α-hetero) is 1. The third-order valence-corrected chi connectivity index (χ3v) is 5.18. The molecule has 0 heterocycles. The number of rotatable bonds is 5. The molecule has 0 saturated heterocycles. The molecule has 0 N–H and O–H groups in total. The smallest absolute Gasteiger partial charge is 0.162 e. The first-order chi connectivity index (χ1) is 11.2. The predicted octanol–water partition coefficient (Wildman–Crippen LogP) is 4.65. The fourth-order valence-corrected chi connectivity index (χ4v) is 4.01. The number of carbonyl (C=O) groups is 1. The second kappa shape index (κ2) is 7.20. The number of ketones is 1. The molecule has 0 radical (unpaired) electrons. The lowest BCUT2D eigenvalue weighted by Gasteiger charge is -2.15. The summed E-state index contributed by atoms with van der Waals surface area (Å²) in [5.74, 6) is 2.75. The van der Waals surface area contributed by atoms with Gasteiger partial charge in [0.15, 0.2) is 17.3 Å². The highest BCUT2D eigenvalue weighted by molar-refractivity contribution is 6.03. The van der Waals surface area contributed by atoms with Gasteiger partial charge < -0.3 is 9.47 Å². The molecule has 2 saturated carbocycles. The average molecular weight is 314 g/mol. The maximum atomic E-state index is 12.7. The molecule has 2 aliphatic carbocycles. The van der Waals surface area contributed by atoms with E-state index in [1.807, 2.05) is 31.2 Å². The lowest BCUT2D eigenvalue weighted by molar-refractivity contribution is -0.119. The Balaban J connectivity index is 1.77. The van der Waals surface area contributed by atoms with Gasteiger partial charge in [-0.2, -0.15) is 0 Å². The molecule has 0 amide bonds. The number of carbonyl (C=O) groups excluding carboxylic acids is 1. The molecule has 2 fully saturated rings. The molecule has 0 aliphatic heterocycles. The van der Waals surface area contributed by atoms with E-state index in [2.05, 4.69) is 0 Å². The minimum atomic E-state index is 0.272. The molecular weight excluding hydrogens is 288 g/mol. The normalized spacial score (nSPS) is 23.7. The molecule has 1 atom stereocenters. The van der Waals surface area contributed by atoms with Gasteiger partial charge >= 0.3 is 0 Å². The van der Waals surface area contributed by atoms with E-state index in [4.69, 9.17) is 9.47 Å². The van der Waals surface area contributed by atoms with Gasteiger partial charge in [0.2, 0.25) is 0 Å². The largest absolute Gasteiger partial charge is 0.493 e. The molecule has 3 nitrogen and oxygen atoms in total. The summed E-state index contributed by atoms with van der Waals surface area (Å²) in [6, 6.07) is 5.87. The Morgan fingerprint density at radius 3 is 2.65 bits per heavy atom. The van der Waals surface area contributed by atoms with Crippen molar-refractivity contribution in [2.75, 3.05) is 13.7 Å². The maximum absolute atomic E-state index is 12.7. The molecule has 1 aromatic carbocycles. The topological polar surface area (TPSA) is 35.5 Å². The predicted molar refractivity (Wildman–Crippen MR) is 91.8 cm³/mol. The van der Waals surface area contributed by atoms with Crippen LogP contribution < -0.4 is 9.47 Å². The number of ether oxygens (including phenoxy) is 2. The van der Waals surface area contributed by atoms with Crippen LogP contribution in [0.1, 0.15) is 51.0 Å². The van der Waals surface area contributed by atoms with Crippen LogP contribution in [-0.4, -0.2) is 19.5 Å². The molecule has 0 spiro atoms. The molecule has 0 bridgehead atoms. The summed E-state index contributed by atoms with van der Waals surface area (Å²) in [5, 5.41) is 0. The summed E-state index contributed by atoms with van der Waals surface area (Å²) < 4.78 is 10.9. The lowest BCUT2D eigenvalue weighted by Crippen LogP contribution is -2.16. The first kappa shape index (κ1) is 16.1. The number of hydrogen-bond donors (Lipinski definition) is 0. The van der Waals surface area contributed by atoms with Gasteiger partial charge in [-0.3, -0.25) is 4.79 Å². The Bertz CT molecular complexity index is 597. The molecular formula is C20H26O3. The van der Waals surface area contributed by atoms with Crippen molar-refractivity contribution >= 4 is 11.9 Å². The zero-order chi connectivity index (χ0) is 16.2. The van der Waals surface area contributed by atoms with Gasteiger partial charge in [0.05, 0.1) is 13.7 Å². The third kappa shape index (κ3) is 3.44. The van der Waals surface area contributed by atoms with E-state index in [9.17, 15) is 4.79 Å². The van der Waals surface area contributed by atoms with Crippen LogP contribution in [0.25, 0.3) is 6.08 Å². The molecule has 124 valence electrons. The van der Waals surface area contributed by atoms with Crippen molar-refractivity contribution in [2.24, 2.45) is 11.8 Å². The van der Waals surface area contributed by atoms with Crippen molar-refractivity contribution in [1.29, 1.82) is 0 Å². The second-order valence-corrected chi connectivity index (χ2v) is 6.57. The van der Waals surface area contributed by atoms with E-state index in [0.717, 1.165) is 35.5 Å². The van der Waals surface area contributed by atoms with Crippen LogP contribution in [0.4, 0.5) is 0 Å². The van der Waals surface area contributed by atoms with E-state index in [-0.39, 0.29) is 5.92 Å². The first-order valence-corrected chi connectivity index (χ1v) is 8.78. The van der Waals surface area contributed by atoms with Crippen LogP contribution in [-0.2, 0) is 4.79 Å². The number of hydrogen-bond acceptors (Lipinski definition) is 3. The van der Waals surface area contributed by atoms with Crippen molar-refractivity contribution < 1.29 is 14.3 Å². The van der Waals surface area contributed by atoms with Crippen LogP contribution in [0.3, 0.4) is 0 Å². The fraction of sp³-hybridized carbons (Fsp3) is 0.550. The summed E-state index contributed by atoms with van der Waals surface area (Å²) in [6.07, 6.45) is 9.04. The van der Waals surface area contributed by atoms with Crippen molar-refractivity contribution in [2.45, 2.75) is 45.4 Å². The van der Waals surface area contributed by atoms with Crippen molar-refractivity contribution in [3.05, 3.63) is 29.3 Å². The van der Waals surface area contributed by atoms with Gasteiger partial charge in [-0.15, -0.1) is 0 Å². The zero-order valence-corrected chi connectivity index (χ0v) is 14.1. The monoisotopic (exact) mass is 314 g/mol. The molecule has 0 aromatic heterocycles. The summed E-state index contributed by atoms with van der Waals surface area (Å²) in [7, 11) is 1.64. The van der Waals surface area contributed by atoms with Crippen molar-refractivity contribution in [3.63, 3.8) is 0 Å². The summed E-state index contributed by atoms with van der Waals surface area (Å²) in [4.78, 5) is 12.7. The molecule has 2 aliphatic rings. The molecule has 3 heteroatoms. The SMILES string of the molecule is CCOc1ccc(/C=C2\CC[C@H](C3CCCC3)C2=O)cc1OC. The van der Waals surface area contributed by atoms with Crippen molar-refractivity contribution in [3.8, 4) is 11.5 Å². The Morgan fingerprint density at radius 1 is 1.17 bits per heavy atom. The number of methoxy groups -OCH3 is 1. The van der Waals surface area contributed by atoms with Crippen LogP contribution in [0.2, 0.25) is 0 Å². The van der Waals surface area contributed by atoms with Gasteiger partial charge in [0.25, 0.3) is 0 Å². The highest BCUT2D eigenvalue weighted by Gasteiger charge is 2.36. The molecule has 1 aromatic rings. The Labute approximate surface area is 138 Å². The molecule has 23 heavy (non-hydrogen) atoms. The van der Waals surface area contributed by atoms with E-state index in [0.29, 0.717) is 18.3 Å². The zero-order valence-electron chi connectivity index (χ0n) is 14.1. The highest BCUT2D eigenvalue weighted by atomic mass is 16.5. The van der Waals surface area contributed by atoms with Gasteiger partial charge in [0.1, 0.15) is 0 Å². The third-order valence-electron chi connectivity index (χ3n) is 5.18. The second-order valence-electron chi connectivity index (χ2n) is 6.57. The Hall–Kier alpha value is -1.77. The van der Waals surface area contributed by atoms with Crippen LogP contribution >= 0.6 is 0 Å². The summed E-state index contributed by atoms with van der Waals surface area (Å²) >= 11 is 0. The van der Waals surface area contributed by atoms with Crippen LogP contribution in [0.15, 0.2) is 23.8 Å². The summed E-state index contributed by atoms with van der Waals surface area (Å²) in [5.41, 5.74) is 1.99. The fourth-order valence-electron chi connectivity index (χ4n) is 4.01. The van der Waals surface area contributed by atoms with E-state index in [1.54, 1.807) is 7.11 Å². The molecule has 0 unspecified atom stereocenters. The van der Waals surface area contributed by atoms with Gasteiger partial charge in [-0.05, 0) is 67.9 Å². The first-order valence-electron chi connectivity index (χ1n) is 8.78.